The van der Waals surface area contributed by atoms with E-state index in [1.165, 1.54) is 11.1 Å². The summed E-state index contributed by atoms with van der Waals surface area (Å²) < 4.78 is 2.02. The van der Waals surface area contributed by atoms with Gasteiger partial charge in [0.05, 0.1) is 0 Å². The fourth-order valence-electron chi connectivity index (χ4n) is 4.01. The predicted molar refractivity (Wildman–Crippen MR) is 166 cm³/mol. The summed E-state index contributed by atoms with van der Waals surface area (Å²) in [5.41, 5.74) is 11.5. The number of hydrogen-bond acceptors (Lipinski definition) is 10. The van der Waals surface area contributed by atoms with Gasteiger partial charge in [-0.25, -0.2) is 0 Å². The predicted octanol–water partition coefficient (Wildman–Crippen LogP) is 8.11. The second kappa shape index (κ2) is 12.8. The van der Waals surface area contributed by atoms with Crippen LogP contribution in [0.4, 0.5) is 11.4 Å². The van der Waals surface area contributed by atoms with E-state index in [0.29, 0.717) is 0 Å². The minimum Gasteiger partial charge on any atom is -0.353 e. The van der Waals surface area contributed by atoms with Crippen LogP contribution in [-0.4, -0.2) is 18.7 Å². The summed E-state index contributed by atoms with van der Waals surface area (Å²) in [7, 11) is 3.34. The van der Waals surface area contributed by atoms with Gasteiger partial charge in [-0.05, 0) is 107 Å². The van der Waals surface area contributed by atoms with Crippen molar-refractivity contribution in [3.8, 4) is 0 Å². The van der Waals surface area contributed by atoms with Crippen molar-refractivity contribution < 1.29 is 0 Å². The third-order valence-electron chi connectivity index (χ3n) is 5.86. The lowest BCUT2D eigenvalue weighted by Gasteiger charge is -2.30. The highest BCUT2D eigenvalue weighted by molar-refractivity contribution is 8.93. The Hall–Kier alpha value is -1.62. The molecule has 2 aromatic carbocycles. The lowest BCUT2D eigenvalue weighted by molar-refractivity contribution is 0.489. The van der Waals surface area contributed by atoms with Gasteiger partial charge in [0, 0.05) is 24.2 Å². The molecule has 4 N–H and O–H groups in total. The lowest BCUT2D eigenvalue weighted by atomic mass is 10.2. The van der Waals surface area contributed by atoms with Crippen molar-refractivity contribution in [3.05, 3.63) is 59.7 Å². The molecule has 4 rings (SSSR count). The van der Waals surface area contributed by atoms with Gasteiger partial charge in [0.2, 0.25) is 0 Å². The van der Waals surface area contributed by atoms with Gasteiger partial charge < -0.3 is 10.6 Å². The Morgan fingerprint density at radius 1 is 0.750 bits per heavy atom. The van der Waals surface area contributed by atoms with Gasteiger partial charge >= 0.3 is 0 Å². The average molecular weight is 561 g/mol. The van der Waals surface area contributed by atoms with Gasteiger partial charge in [-0.15, -0.1) is 0 Å². The molecule has 0 aliphatic carbocycles. The third kappa shape index (κ3) is 7.46. The Morgan fingerprint density at radius 3 is 1.58 bits per heavy atom. The van der Waals surface area contributed by atoms with Crippen LogP contribution in [0.3, 0.4) is 0 Å². The molecule has 0 bridgehead atoms. The van der Waals surface area contributed by atoms with Gasteiger partial charge in [0.15, 0.2) is 18.7 Å². The second-order valence-corrected chi connectivity index (χ2v) is 14.4. The number of anilines is 2. The fourth-order valence-corrected chi connectivity index (χ4v) is 9.12. The van der Waals surface area contributed by atoms with Gasteiger partial charge in [-0.1, -0.05) is 51.0 Å². The number of nitrogens with one attached hydrogen (secondary N) is 4. The van der Waals surface area contributed by atoms with Crippen LogP contribution >= 0.6 is 45.1 Å². The van der Waals surface area contributed by atoms with Crippen molar-refractivity contribution in [1.29, 1.82) is 0 Å². The monoisotopic (exact) mass is 560 g/mol. The molecule has 2 aliphatic rings. The molecule has 0 saturated carbocycles. The smallest absolute Gasteiger partial charge is 0.178 e. The van der Waals surface area contributed by atoms with Crippen LogP contribution in [0.25, 0.3) is 0 Å². The molecule has 2 atom stereocenters. The first-order chi connectivity index (χ1) is 17.4. The maximum absolute atomic E-state index is 4.69. The molecule has 0 fully saturated rings. The molecule has 0 amide bonds. The topological polar surface area (TPSA) is 72.8 Å². The molecular weight excluding hydrogens is 525 g/mol. The third-order valence-corrected chi connectivity index (χ3v) is 11.3. The van der Waals surface area contributed by atoms with Crippen molar-refractivity contribution in [1.82, 2.24) is 10.9 Å². The van der Waals surface area contributed by atoms with Crippen LogP contribution in [0.1, 0.15) is 63.5 Å². The summed E-state index contributed by atoms with van der Waals surface area (Å²) in [6.07, 6.45) is 6.50. The van der Waals surface area contributed by atoms with E-state index in [0.717, 1.165) is 58.7 Å². The SMILES string of the molecule is CCCCC1(Nc2cccc(C)c2)NN=C(SSC2=NNC(CCCC)(Nc3cccc(C)c3)S2)S1. The van der Waals surface area contributed by atoms with Crippen LogP contribution in [0, 0.1) is 13.8 Å². The molecular formula is C26H36N6S4. The summed E-state index contributed by atoms with van der Waals surface area (Å²) in [4.78, 5) is -0.652. The molecule has 6 nitrogen and oxygen atoms in total. The Balaban J connectivity index is 1.35. The molecule has 2 heterocycles. The molecule has 194 valence electrons. The first-order valence-electron chi connectivity index (χ1n) is 12.5. The van der Waals surface area contributed by atoms with Gasteiger partial charge in [-0.2, -0.15) is 10.2 Å². The number of hydrazone groups is 2. The van der Waals surface area contributed by atoms with Crippen LogP contribution < -0.4 is 21.5 Å². The quantitative estimate of drug-likeness (QED) is 0.217. The standard InChI is InChI=1S/C26H36N6S4/c1-5-7-15-25(27-21-13-9-11-19(3)17-21)31-29-23(33-25)35-36-24-30-32-26(34-24,16-8-6-2)28-22-14-10-12-20(4)18-22/h9-14,17-18,27-28,31-32H,5-8,15-16H2,1-4H3. The number of nitrogens with zero attached hydrogens (tertiary/aromatic N) is 2. The minimum absolute atomic E-state index is 0.326. The fraction of sp³-hybridized carbons (Fsp3) is 0.462. The van der Waals surface area contributed by atoms with E-state index in [2.05, 4.69) is 97.7 Å². The molecule has 10 heteroatoms. The Bertz CT molecular complexity index is 1010. The largest absolute Gasteiger partial charge is 0.353 e. The van der Waals surface area contributed by atoms with Gasteiger partial charge in [0.25, 0.3) is 0 Å². The number of unbranched alkanes of at least 4 members (excludes halogenated alkanes) is 2. The molecule has 0 aromatic heterocycles. The number of aryl methyl sites for hydroxylation is 2. The average Bonchev–Trinajstić information content (AvgIpc) is 3.45. The van der Waals surface area contributed by atoms with Crippen molar-refractivity contribution in [2.45, 2.75) is 76.2 Å². The van der Waals surface area contributed by atoms with Crippen LogP contribution in [0.15, 0.2) is 58.7 Å². The number of hydrogen-bond donors (Lipinski definition) is 4. The Morgan fingerprint density at radius 2 is 1.19 bits per heavy atom. The molecule has 0 radical (unpaired) electrons. The summed E-state index contributed by atoms with van der Waals surface area (Å²) in [6, 6.07) is 17.0. The summed E-state index contributed by atoms with van der Waals surface area (Å²) in [5, 5.41) is 16.8. The molecule has 2 unspecified atom stereocenters. The normalized spacial score (nSPS) is 23.0. The second-order valence-electron chi connectivity index (χ2n) is 9.20. The molecule has 0 spiro atoms. The minimum atomic E-state index is -0.326. The van der Waals surface area contributed by atoms with Crippen molar-refractivity contribution in [2.24, 2.45) is 10.2 Å². The van der Waals surface area contributed by atoms with E-state index in [1.807, 2.05) is 0 Å². The van der Waals surface area contributed by atoms with Crippen LogP contribution in [0.5, 0.6) is 0 Å². The van der Waals surface area contributed by atoms with Gasteiger partial charge in [0.1, 0.15) is 0 Å². The first-order valence-corrected chi connectivity index (χ1v) is 16.3. The molecule has 36 heavy (non-hydrogen) atoms. The number of rotatable bonds is 10. The van der Waals surface area contributed by atoms with E-state index >= 15 is 0 Å². The van der Waals surface area contributed by atoms with E-state index in [-0.39, 0.29) is 9.99 Å². The summed E-state index contributed by atoms with van der Waals surface area (Å²) >= 11 is 3.54. The number of benzene rings is 2. The molecule has 2 aliphatic heterocycles. The maximum Gasteiger partial charge on any atom is 0.178 e. The summed E-state index contributed by atoms with van der Waals surface area (Å²) in [6.45, 7) is 8.70. The van der Waals surface area contributed by atoms with Crippen molar-refractivity contribution >= 4 is 65.2 Å². The van der Waals surface area contributed by atoms with Crippen molar-refractivity contribution in [3.63, 3.8) is 0 Å². The first kappa shape index (κ1) is 27.4. The lowest BCUT2D eigenvalue weighted by Crippen LogP contribution is -2.43. The van der Waals surface area contributed by atoms with Crippen molar-refractivity contribution in [2.75, 3.05) is 10.6 Å². The highest BCUT2D eigenvalue weighted by Gasteiger charge is 2.40. The summed E-state index contributed by atoms with van der Waals surface area (Å²) in [5.74, 6) is 0. The Kier molecular flexibility index (Phi) is 9.71. The van der Waals surface area contributed by atoms with E-state index in [9.17, 15) is 0 Å². The zero-order valence-electron chi connectivity index (χ0n) is 21.4. The zero-order chi connectivity index (χ0) is 25.4. The van der Waals surface area contributed by atoms with Gasteiger partial charge in [-0.3, -0.25) is 10.9 Å². The Labute approximate surface area is 231 Å². The highest BCUT2D eigenvalue weighted by atomic mass is 33.1. The highest BCUT2D eigenvalue weighted by Crippen LogP contribution is 2.46. The van der Waals surface area contributed by atoms with E-state index in [1.54, 1.807) is 45.1 Å². The van der Waals surface area contributed by atoms with E-state index in [4.69, 9.17) is 10.2 Å². The maximum atomic E-state index is 4.69. The van der Waals surface area contributed by atoms with Crippen LogP contribution in [0.2, 0.25) is 0 Å². The van der Waals surface area contributed by atoms with Crippen LogP contribution in [-0.2, 0) is 0 Å². The zero-order valence-corrected chi connectivity index (χ0v) is 24.7. The number of thioether (sulfide) groups is 2. The molecule has 2 aromatic rings. The molecule has 0 saturated heterocycles. The van der Waals surface area contributed by atoms with E-state index < -0.39 is 0 Å².